The van der Waals surface area contributed by atoms with Gasteiger partial charge in [0.05, 0.1) is 0 Å². The molecular formula is C14H17ClN4. The van der Waals surface area contributed by atoms with Gasteiger partial charge >= 0.3 is 0 Å². The summed E-state index contributed by atoms with van der Waals surface area (Å²) >= 11 is 0. The van der Waals surface area contributed by atoms with Crippen molar-refractivity contribution >= 4 is 18.2 Å². The molecule has 0 amide bonds. The van der Waals surface area contributed by atoms with Crippen molar-refractivity contribution < 1.29 is 0 Å². The molecule has 0 spiro atoms. The summed E-state index contributed by atoms with van der Waals surface area (Å²) in [6, 6.07) is 7.37. The van der Waals surface area contributed by atoms with Gasteiger partial charge in [0.1, 0.15) is 5.84 Å². The second kappa shape index (κ2) is 6.85. The first-order valence-corrected chi connectivity index (χ1v) is 5.96. The molecule has 0 radical (unpaired) electrons. The maximum atomic E-state index is 7.33. The SMILES string of the molecule is CCCc1cnc(-c2ccc(C(=N)N)cc2)nc1.Cl. The lowest BCUT2D eigenvalue weighted by atomic mass is 10.1. The second-order valence-electron chi connectivity index (χ2n) is 4.16. The summed E-state index contributed by atoms with van der Waals surface area (Å²) in [6.07, 6.45) is 5.83. The number of hydrogen-bond donors (Lipinski definition) is 2. The third-order valence-electron chi connectivity index (χ3n) is 2.70. The van der Waals surface area contributed by atoms with Crippen LogP contribution < -0.4 is 5.73 Å². The van der Waals surface area contributed by atoms with E-state index in [-0.39, 0.29) is 18.2 Å². The third kappa shape index (κ3) is 3.76. The summed E-state index contributed by atoms with van der Waals surface area (Å²) in [5, 5.41) is 7.33. The number of nitrogen functional groups attached to an aromatic ring is 1. The summed E-state index contributed by atoms with van der Waals surface area (Å²) in [6.45, 7) is 2.13. The van der Waals surface area contributed by atoms with Gasteiger partial charge in [-0.2, -0.15) is 0 Å². The molecule has 0 saturated heterocycles. The van der Waals surface area contributed by atoms with Crippen LogP contribution in [0.2, 0.25) is 0 Å². The first-order valence-electron chi connectivity index (χ1n) is 5.96. The molecule has 0 saturated carbocycles. The van der Waals surface area contributed by atoms with Crippen LogP contribution in [0.1, 0.15) is 24.5 Å². The van der Waals surface area contributed by atoms with Crippen LogP contribution in [0, 0.1) is 5.41 Å². The van der Waals surface area contributed by atoms with Crippen molar-refractivity contribution in [3.8, 4) is 11.4 Å². The summed E-state index contributed by atoms with van der Waals surface area (Å²) in [5.74, 6) is 0.769. The van der Waals surface area contributed by atoms with E-state index >= 15 is 0 Å². The van der Waals surface area contributed by atoms with E-state index < -0.39 is 0 Å². The molecule has 1 aromatic carbocycles. The van der Waals surface area contributed by atoms with Crippen molar-refractivity contribution in [3.05, 3.63) is 47.8 Å². The minimum Gasteiger partial charge on any atom is -0.384 e. The number of nitrogens with one attached hydrogen (secondary N) is 1. The quantitative estimate of drug-likeness (QED) is 0.666. The lowest BCUT2D eigenvalue weighted by Gasteiger charge is -2.03. The van der Waals surface area contributed by atoms with Gasteiger partial charge in [0.2, 0.25) is 0 Å². The highest BCUT2D eigenvalue weighted by molar-refractivity contribution is 5.95. The minimum absolute atomic E-state index is 0. The van der Waals surface area contributed by atoms with E-state index in [9.17, 15) is 0 Å². The standard InChI is InChI=1S/C14H16N4.ClH/c1-2-3-10-8-17-14(18-9-10)12-6-4-11(5-7-12)13(15)16;/h4-9H,2-3H2,1H3,(H3,15,16);1H. The second-order valence-corrected chi connectivity index (χ2v) is 4.16. The monoisotopic (exact) mass is 276 g/mol. The topological polar surface area (TPSA) is 75.7 Å². The third-order valence-corrected chi connectivity index (χ3v) is 2.70. The number of aromatic nitrogens is 2. The van der Waals surface area contributed by atoms with Gasteiger partial charge in [-0.1, -0.05) is 37.6 Å². The van der Waals surface area contributed by atoms with Crippen LogP contribution in [0.3, 0.4) is 0 Å². The Morgan fingerprint density at radius 3 is 2.21 bits per heavy atom. The minimum atomic E-state index is 0. The van der Waals surface area contributed by atoms with Crippen LogP contribution in [-0.2, 0) is 6.42 Å². The molecule has 0 unspecified atom stereocenters. The zero-order valence-electron chi connectivity index (χ0n) is 10.8. The zero-order chi connectivity index (χ0) is 13.0. The summed E-state index contributed by atoms with van der Waals surface area (Å²) in [7, 11) is 0. The molecule has 0 atom stereocenters. The molecule has 5 heteroatoms. The van der Waals surface area contributed by atoms with Crippen LogP contribution >= 0.6 is 12.4 Å². The van der Waals surface area contributed by atoms with Gasteiger partial charge < -0.3 is 5.73 Å². The molecule has 100 valence electrons. The van der Waals surface area contributed by atoms with Gasteiger partial charge in [-0.25, -0.2) is 9.97 Å². The maximum Gasteiger partial charge on any atom is 0.159 e. The molecule has 19 heavy (non-hydrogen) atoms. The summed E-state index contributed by atoms with van der Waals surface area (Å²) in [4.78, 5) is 8.69. The number of nitrogens with zero attached hydrogens (tertiary/aromatic N) is 2. The number of halogens is 1. The van der Waals surface area contributed by atoms with Crippen molar-refractivity contribution in [2.45, 2.75) is 19.8 Å². The Morgan fingerprint density at radius 2 is 1.74 bits per heavy atom. The molecular weight excluding hydrogens is 260 g/mol. The highest BCUT2D eigenvalue weighted by Gasteiger charge is 2.02. The van der Waals surface area contributed by atoms with E-state index in [1.807, 2.05) is 24.5 Å². The average Bonchev–Trinajstić information content (AvgIpc) is 2.40. The van der Waals surface area contributed by atoms with Gasteiger partial charge in [-0.3, -0.25) is 5.41 Å². The van der Waals surface area contributed by atoms with E-state index in [4.69, 9.17) is 11.1 Å². The van der Waals surface area contributed by atoms with E-state index in [0.29, 0.717) is 11.4 Å². The van der Waals surface area contributed by atoms with E-state index in [0.717, 1.165) is 24.0 Å². The highest BCUT2D eigenvalue weighted by atomic mass is 35.5. The number of hydrogen-bond acceptors (Lipinski definition) is 3. The Kier molecular flexibility index (Phi) is 5.45. The molecule has 0 fully saturated rings. The Morgan fingerprint density at radius 1 is 1.16 bits per heavy atom. The van der Waals surface area contributed by atoms with E-state index in [1.54, 1.807) is 12.1 Å². The first-order chi connectivity index (χ1) is 8.70. The Bertz CT molecular complexity index is 534. The number of amidine groups is 1. The smallest absolute Gasteiger partial charge is 0.159 e. The predicted octanol–water partition coefficient (Wildman–Crippen LogP) is 2.80. The lowest BCUT2D eigenvalue weighted by molar-refractivity contribution is 0.902. The van der Waals surface area contributed by atoms with Gasteiger partial charge in [-0.05, 0) is 12.0 Å². The van der Waals surface area contributed by atoms with Gasteiger partial charge in [-0.15, -0.1) is 12.4 Å². The fraction of sp³-hybridized carbons (Fsp3) is 0.214. The molecule has 3 N–H and O–H groups in total. The largest absolute Gasteiger partial charge is 0.384 e. The molecule has 2 aromatic rings. The molecule has 2 rings (SSSR count). The number of rotatable bonds is 4. The first kappa shape index (κ1) is 15.1. The zero-order valence-corrected chi connectivity index (χ0v) is 11.6. The van der Waals surface area contributed by atoms with Crippen molar-refractivity contribution in [3.63, 3.8) is 0 Å². The van der Waals surface area contributed by atoms with Gasteiger partial charge in [0, 0.05) is 23.5 Å². The summed E-state index contributed by atoms with van der Waals surface area (Å²) < 4.78 is 0. The average molecular weight is 277 g/mol. The normalized spacial score (nSPS) is 9.74. The highest BCUT2D eigenvalue weighted by Crippen LogP contribution is 2.15. The van der Waals surface area contributed by atoms with Crippen LogP contribution in [0.25, 0.3) is 11.4 Å². The fourth-order valence-corrected chi connectivity index (χ4v) is 1.72. The number of benzene rings is 1. The van der Waals surface area contributed by atoms with E-state index in [1.165, 1.54) is 0 Å². The molecule has 1 aromatic heterocycles. The predicted molar refractivity (Wildman–Crippen MR) is 79.7 cm³/mol. The van der Waals surface area contributed by atoms with Crippen LogP contribution in [-0.4, -0.2) is 15.8 Å². The van der Waals surface area contributed by atoms with Crippen molar-refractivity contribution in [2.24, 2.45) is 5.73 Å². The molecule has 1 heterocycles. The van der Waals surface area contributed by atoms with E-state index in [2.05, 4.69) is 16.9 Å². The van der Waals surface area contributed by atoms with Crippen LogP contribution in [0.15, 0.2) is 36.7 Å². The Balaban J connectivity index is 0.00000180. The number of nitrogens with two attached hydrogens (primary N) is 1. The Hall–Kier alpha value is -1.94. The maximum absolute atomic E-state index is 7.33. The Labute approximate surface area is 119 Å². The van der Waals surface area contributed by atoms with Crippen LogP contribution in [0.5, 0.6) is 0 Å². The molecule has 0 bridgehead atoms. The fourth-order valence-electron chi connectivity index (χ4n) is 1.72. The van der Waals surface area contributed by atoms with Crippen molar-refractivity contribution in [2.75, 3.05) is 0 Å². The summed E-state index contributed by atoms with van der Waals surface area (Å²) in [5.41, 5.74) is 8.20. The number of aryl methyl sites for hydroxylation is 1. The van der Waals surface area contributed by atoms with Crippen molar-refractivity contribution in [1.29, 1.82) is 5.41 Å². The van der Waals surface area contributed by atoms with Gasteiger partial charge in [0.15, 0.2) is 5.82 Å². The molecule has 4 nitrogen and oxygen atoms in total. The van der Waals surface area contributed by atoms with Gasteiger partial charge in [0.25, 0.3) is 0 Å². The molecule has 0 aliphatic carbocycles. The molecule has 0 aliphatic rings. The molecule has 0 aliphatic heterocycles. The van der Waals surface area contributed by atoms with Crippen LogP contribution in [0.4, 0.5) is 0 Å². The lowest BCUT2D eigenvalue weighted by Crippen LogP contribution is -2.10. The van der Waals surface area contributed by atoms with Crippen molar-refractivity contribution in [1.82, 2.24) is 9.97 Å².